The molecule has 0 radical (unpaired) electrons. The Kier molecular flexibility index (Phi) is 4.07. The fourth-order valence-corrected chi connectivity index (χ4v) is 1.78. The van der Waals surface area contributed by atoms with E-state index in [1.165, 1.54) is 7.11 Å². The molecule has 1 amide bonds. The monoisotopic (exact) mass is 258 g/mol. The number of methoxy groups -OCH3 is 1. The summed E-state index contributed by atoms with van der Waals surface area (Å²) in [4.78, 5) is 27.2. The zero-order chi connectivity index (χ0) is 13.7. The Morgan fingerprint density at radius 3 is 2.89 bits per heavy atom. The number of carbonyl (C=O) groups excluding carboxylic acids is 2. The standard InChI is InChI=1S/C14H14N2O3/c1-19-13(17)7-9-16-14(18)11-4-2-6-12-10(11)5-3-8-15-12/h2-6,8H,7,9H2,1H3,(H,16,18). The van der Waals surface area contributed by atoms with Gasteiger partial charge in [-0.2, -0.15) is 0 Å². The number of nitrogens with one attached hydrogen (secondary N) is 1. The Balaban J connectivity index is 2.11. The van der Waals surface area contributed by atoms with E-state index in [0.29, 0.717) is 5.56 Å². The Bertz CT molecular complexity index is 605. The minimum absolute atomic E-state index is 0.158. The van der Waals surface area contributed by atoms with Gasteiger partial charge in [0.2, 0.25) is 0 Å². The number of ether oxygens (including phenoxy) is 1. The lowest BCUT2D eigenvalue weighted by atomic mass is 10.1. The molecule has 0 atom stereocenters. The van der Waals surface area contributed by atoms with Gasteiger partial charge in [0.15, 0.2) is 0 Å². The van der Waals surface area contributed by atoms with Crippen molar-refractivity contribution in [2.75, 3.05) is 13.7 Å². The molecule has 0 aliphatic rings. The minimum Gasteiger partial charge on any atom is -0.469 e. The van der Waals surface area contributed by atoms with Crippen LogP contribution in [0.3, 0.4) is 0 Å². The lowest BCUT2D eigenvalue weighted by Crippen LogP contribution is -2.26. The quantitative estimate of drug-likeness (QED) is 0.844. The molecule has 98 valence electrons. The molecule has 5 nitrogen and oxygen atoms in total. The van der Waals surface area contributed by atoms with Crippen LogP contribution in [-0.2, 0) is 9.53 Å². The maximum Gasteiger partial charge on any atom is 0.307 e. The van der Waals surface area contributed by atoms with Crippen molar-refractivity contribution >= 4 is 22.8 Å². The Morgan fingerprint density at radius 1 is 1.26 bits per heavy atom. The number of amides is 1. The molecular formula is C14H14N2O3. The van der Waals surface area contributed by atoms with E-state index in [9.17, 15) is 9.59 Å². The highest BCUT2D eigenvalue weighted by Gasteiger charge is 2.10. The molecular weight excluding hydrogens is 244 g/mol. The van der Waals surface area contributed by atoms with Crippen LogP contribution >= 0.6 is 0 Å². The molecule has 0 fully saturated rings. The van der Waals surface area contributed by atoms with E-state index in [-0.39, 0.29) is 24.8 Å². The summed E-state index contributed by atoms with van der Waals surface area (Å²) in [6.07, 6.45) is 1.84. The maximum atomic E-state index is 12.0. The van der Waals surface area contributed by atoms with Gasteiger partial charge in [-0.3, -0.25) is 14.6 Å². The second-order valence-corrected chi connectivity index (χ2v) is 3.96. The first-order chi connectivity index (χ1) is 9.22. The highest BCUT2D eigenvalue weighted by Crippen LogP contribution is 2.16. The summed E-state index contributed by atoms with van der Waals surface area (Å²) in [6, 6.07) is 8.99. The van der Waals surface area contributed by atoms with Crippen molar-refractivity contribution in [3.63, 3.8) is 0 Å². The molecule has 0 saturated carbocycles. The van der Waals surface area contributed by atoms with E-state index in [2.05, 4.69) is 15.0 Å². The van der Waals surface area contributed by atoms with Gasteiger partial charge in [-0.25, -0.2) is 0 Å². The highest BCUT2D eigenvalue weighted by atomic mass is 16.5. The van der Waals surface area contributed by atoms with Crippen LogP contribution in [0.5, 0.6) is 0 Å². The average Bonchev–Trinajstić information content (AvgIpc) is 2.46. The molecule has 0 saturated heterocycles. The predicted octanol–water partition coefficient (Wildman–Crippen LogP) is 1.53. The number of aromatic nitrogens is 1. The smallest absolute Gasteiger partial charge is 0.307 e. The molecule has 0 unspecified atom stereocenters. The van der Waals surface area contributed by atoms with Crippen LogP contribution in [0.4, 0.5) is 0 Å². The molecule has 2 rings (SSSR count). The van der Waals surface area contributed by atoms with Gasteiger partial charge in [0.25, 0.3) is 5.91 Å². The van der Waals surface area contributed by atoms with E-state index >= 15 is 0 Å². The SMILES string of the molecule is COC(=O)CCNC(=O)c1cccc2ncccc12. The predicted molar refractivity (Wildman–Crippen MR) is 70.7 cm³/mol. The van der Waals surface area contributed by atoms with Crippen LogP contribution in [0, 0.1) is 0 Å². The zero-order valence-corrected chi connectivity index (χ0v) is 10.6. The van der Waals surface area contributed by atoms with E-state index in [1.807, 2.05) is 12.1 Å². The first-order valence-corrected chi connectivity index (χ1v) is 5.91. The third-order valence-corrected chi connectivity index (χ3v) is 2.73. The third-order valence-electron chi connectivity index (χ3n) is 2.73. The van der Waals surface area contributed by atoms with Crippen molar-refractivity contribution in [3.05, 3.63) is 42.1 Å². The fourth-order valence-electron chi connectivity index (χ4n) is 1.78. The Labute approximate surface area is 110 Å². The van der Waals surface area contributed by atoms with Crippen LogP contribution in [0.2, 0.25) is 0 Å². The van der Waals surface area contributed by atoms with Gasteiger partial charge in [0, 0.05) is 23.7 Å². The summed E-state index contributed by atoms with van der Waals surface area (Å²) in [6.45, 7) is 0.252. The zero-order valence-electron chi connectivity index (χ0n) is 10.6. The van der Waals surface area contributed by atoms with Gasteiger partial charge in [0.1, 0.15) is 0 Å². The number of carbonyl (C=O) groups is 2. The molecule has 2 aromatic rings. The molecule has 1 N–H and O–H groups in total. The van der Waals surface area contributed by atoms with Crippen molar-refractivity contribution in [2.45, 2.75) is 6.42 Å². The highest BCUT2D eigenvalue weighted by molar-refractivity contribution is 6.06. The lowest BCUT2D eigenvalue weighted by molar-refractivity contribution is -0.140. The number of rotatable bonds is 4. The first kappa shape index (κ1) is 13.0. The molecule has 1 aromatic carbocycles. The minimum atomic E-state index is -0.347. The van der Waals surface area contributed by atoms with Crippen molar-refractivity contribution < 1.29 is 14.3 Å². The van der Waals surface area contributed by atoms with Gasteiger partial charge in [-0.15, -0.1) is 0 Å². The third kappa shape index (κ3) is 3.07. The van der Waals surface area contributed by atoms with Gasteiger partial charge in [-0.1, -0.05) is 12.1 Å². The molecule has 19 heavy (non-hydrogen) atoms. The Hall–Kier alpha value is -2.43. The Morgan fingerprint density at radius 2 is 2.11 bits per heavy atom. The van der Waals surface area contributed by atoms with Crippen molar-refractivity contribution in [3.8, 4) is 0 Å². The average molecular weight is 258 g/mol. The van der Waals surface area contributed by atoms with E-state index in [4.69, 9.17) is 0 Å². The lowest BCUT2D eigenvalue weighted by Gasteiger charge is -2.07. The topological polar surface area (TPSA) is 68.3 Å². The number of hydrogen-bond acceptors (Lipinski definition) is 4. The first-order valence-electron chi connectivity index (χ1n) is 5.91. The summed E-state index contributed by atoms with van der Waals surface area (Å²) in [5.41, 5.74) is 1.32. The van der Waals surface area contributed by atoms with Crippen LogP contribution in [0.15, 0.2) is 36.5 Å². The van der Waals surface area contributed by atoms with Gasteiger partial charge >= 0.3 is 5.97 Å². The van der Waals surface area contributed by atoms with E-state index in [1.54, 1.807) is 24.4 Å². The molecule has 1 aromatic heterocycles. The summed E-state index contributed by atoms with van der Waals surface area (Å²) in [7, 11) is 1.32. The number of fused-ring (bicyclic) bond motifs is 1. The van der Waals surface area contributed by atoms with Crippen LogP contribution in [-0.4, -0.2) is 30.5 Å². The number of hydrogen-bond donors (Lipinski definition) is 1. The summed E-state index contributed by atoms with van der Waals surface area (Å²) in [5.74, 6) is -0.567. The second kappa shape index (κ2) is 5.95. The number of benzene rings is 1. The molecule has 0 spiro atoms. The number of nitrogens with zero attached hydrogens (tertiary/aromatic N) is 1. The summed E-state index contributed by atoms with van der Waals surface area (Å²) < 4.78 is 4.51. The normalized spacial score (nSPS) is 10.2. The molecule has 0 aliphatic carbocycles. The largest absolute Gasteiger partial charge is 0.469 e. The molecule has 0 bridgehead atoms. The van der Waals surface area contributed by atoms with Crippen LogP contribution in [0.25, 0.3) is 10.9 Å². The summed E-state index contributed by atoms with van der Waals surface area (Å²) in [5, 5.41) is 3.48. The molecule has 0 aliphatic heterocycles. The van der Waals surface area contributed by atoms with Crippen LogP contribution < -0.4 is 5.32 Å². The molecule has 5 heteroatoms. The van der Waals surface area contributed by atoms with Crippen LogP contribution in [0.1, 0.15) is 16.8 Å². The molecule has 1 heterocycles. The van der Waals surface area contributed by atoms with Crippen molar-refractivity contribution in [1.82, 2.24) is 10.3 Å². The van der Waals surface area contributed by atoms with E-state index < -0.39 is 0 Å². The number of pyridine rings is 1. The van der Waals surface area contributed by atoms with Crippen molar-refractivity contribution in [1.29, 1.82) is 0 Å². The van der Waals surface area contributed by atoms with Gasteiger partial charge in [0.05, 0.1) is 19.0 Å². The fraction of sp³-hybridized carbons (Fsp3) is 0.214. The van der Waals surface area contributed by atoms with Gasteiger partial charge in [-0.05, 0) is 18.2 Å². The summed E-state index contributed by atoms with van der Waals surface area (Å²) >= 11 is 0. The maximum absolute atomic E-state index is 12.0. The van der Waals surface area contributed by atoms with Gasteiger partial charge < -0.3 is 10.1 Å². The van der Waals surface area contributed by atoms with E-state index in [0.717, 1.165) is 10.9 Å². The number of esters is 1. The van der Waals surface area contributed by atoms with Crippen molar-refractivity contribution in [2.24, 2.45) is 0 Å². The second-order valence-electron chi connectivity index (χ2n) is 3.96.